The Morgan fingerprint density at radius 3 is 3.17 bits per heavy atom. The summed E-state index contributed by atoms with van der Waals surface area (Å²) in [5.41, 5.74) is 5.86. The second-order valence-electron chi connectivity index (χ2n) is 2.20. The van der Waals surface area contributed by atoms with Crippen LogP contribution in [0.2, 0.25) is 0 Å². The zero-order valence-corrected chi connectivity index (χ0v) is 6.01. The molecule has 0 atom stereocenters. The van der Waals surface area contributed by atoms with Crippen molar-refractivity contribution in [2.45, 2.75) is 0 Å². The highest BCUT2D eigenvalue weighted by Crippen LogP contribution is 1.99. The Morgan fingerprint density at radius 1 is 1.58 bits per heavy atom. The zero-order chi connectivity index (χ0) is 8.55. The summed E-state index contributed by atoms with van der Waals surface area (Å²) in [6, 6.07) is 1.49. The monoisotopic (exact) mass is 163 g/mol. The fourth-order valence-corrected chi connectivity index (χ4v) is 0.931. The highest BCUT2D eigenvalue weighted by atomic mass is 16.1. The maximum absolute atomic E-state index is 10.8. The van der Waals surface area contributed by atoms with Crippen LogP contribution in [0, 0.1) is 0 Å². The molecule has 12 heavy (non-hydrogen) atoms. The molecule has 0 spiro atoms. The number of hydrogen-bond acceptors (Lipinski definition) is 4. The third kappa shape index (κ3) is 0.815. The predicted octanol–water partition coefficient (Wildman–Crippen LogP) is -0.777. The van der Waals surface area contributed by atoms with Crippen LogP contribution in [-0.2, 0) is 0 Å². The minimum atomic E-state index is -0.548. The van der Waals surface area contributed by atoms with Crippen molar-refractivity contribution in [3.63, 3.8) is 0 Å². The molecule has 1 amide bonds. The lowest BCUT2D eigenvalue weighted by atomic mass is 10.4. The van der Waals surface area contributed by atoms with Crippen molar-refractivity contribution in [3.05, 3.63) is 24.2 Å². The molecule has 0 fully saturated rings. The topological polar surface area (TPSA) is 86.2 Å². The minimum Gasteiger partial charge on any atom is -0.364 e. The summed E-state index contributed by atoms with van der Waals surface area (Å²) in [5.74, 6) is -0.548. The van der Waals surface area contributed by atoms with E-state index in [0.29, 0.717) is 5.65 Å². The summed E-state index contributed by atoms with van der Waals surface area (Å²) < 4.78 is 1.29. The molecule has 0 saturated heterocycles. The van der Waals surface area contributed by atoms with Gasteiger partial charge >= 0.3 is 0 Å². The van der Waals surface area contributed by atoms with Crippen molar-refractivity contribution in [2.24, 2.45) is 5.73 Å². The van der Waals surface area contributed by atoms with E-state index in [-0.39, 0.29) is 5.69 Å². The molecule has 2 N–H and O–H groups in total. The van der Waals surface area contributed by atoms with Gasteiger partial charge in [0.2, 0.25) is 0 Å². The van der Waals surface area contributed by atoms with E-state index < -0.39 is 5.91 Å². The number of nitrogens with two attached hydrogens (primary N) is 1. The summed E-state index contributed by atoms with van der Waals surface area (Å²) in [7, 11) is 0. The lowest BCUT2D eigenvalue weighted by Crippen LogP contribution is -2.16. The Hall–Kier alpha value is -1.98. The summed E-state index contributed by atoms with van der Waals surface area (Å²) >= 11 is 0. The van der Waals surface area contributed by atoms with Crippen molar-refractivity contribution in [2.75, 3.05) is 0 Å². The highest BCUT2D eigenvalue weighted by Gasteiger charge is 2.06. The molecule has 0 radical (unpaired) electrons. The Bertz CT molecular complexity index is 434. The standard InChI is InChI=1S/C6H5N5O/c7-6(12)4-1-2-8-5-3-9-10-11(4)5/h1-3H,(H2,7,12). The zero-order valence-electron chi connectivity index (χ0n) is 6.01. The molecule has 0 saturated carbocycles. The van der Waals surface area contributed by atoms with E-state index >= 15 is 0 Å². The third-order valence-electron chi connectivity index (χ3n) is 1.45. The average molecular weight is 163 g/mol. The first kappa shape index (κ1) is 6.71. The number of hydrogen-bond donors (Lipinski definition) is 1. The van der Waals surface area contributed by atoms with E-state index in [9.17, 15) is 4.79 Å². The summed E-state index contributed by atoms with van der Waals surface area (Å²) in [6.07, 6.45) is 2.94. The molecule has 0 unspecified atom stereocenters. The average Bonchev–Trinajstić information content (AvgIpc) is 2.49. The molecule has 0 aliphatic heterocycles. The first-order valence-corrected chi connectivity index (χ1v) is 3.24. The number of carbonyl (C=O) groups is 1. The molecular weight excluding hydrogens is 158 g/mol. The van der Waals surface area contributed by atoms with Crippen molar-refractivity contribution in [3.8, 4) is 0 Å². The first-order valence-electron chi connectivity index (χ1n) is 3.24. The molecule has 2 aromatic heterocycles. The SMILES string of the molecule is NC(=O)c1ccnc2cnnn12. The number of carbonyl (C=O) groups excluding carboxylic acids is 1. The van der Waals surface area contributed by atoms with Crippen LogP contribution in [0.5, 0.6) is 0 Å². The molecule has 0 bridgehead atoms. The minimum absolute atomic E-state index is 0.275. The number of nitrogens with zero attached hydrogens (tertiary/aromatic N) is 4. The van der Waals surface area contributed by atoms with E-state index in [2.05, 4.69) is 15.3 Å². The lowest BCUT2D eigenvalue weighted by Gasteiger charge is -1.96. The largest absolute Gasteiger partial charge is 0.364 e. The normalized spacial score (nSPS) is 10.3. The van der Waals surface area contributed by atoms with Gasteiger partial charge in [-0.3, -0.25) is 4.79 Å². The maximum atomic E-state index is 10.8. The van der Waals surface area contributed by atoms with E-state index in [1.54, 1.807) is 0 Å². The Balaban J connectivity index is 2.82. The summed E-state index contributed by atoms with van der Waals surface area (Å²) in [5, 5.41) is 7.23. The number of amides is 1. The second-order valence-corrected chi connectivity index (χ2v) is 2.20. The smallest absolute Gasteiger partial charge is 0.267 e. The van der Waals surface area contributed by atoms with Crippen LogP contribution in [0.1, 0.15) is 10.5 Å². The van der Waals surface area contributed by atoms with Gasteiger partial charge in [-0.15, -0.1) is 5.10 Å². The van der Waals surface area contributed by atoms with Gasteiger partial charge in [-0.05, 0) is 6.07 Å². The number of fused-ring (bicyclic) bond motifs is 1. The van der Waals surface area contributed by atoms with Gasteiger partial charge in [0, 0.05) is 6.20 Å². The van der Waals surface area contributed by atoms with Crippen molar-refractivity contribution >= 4 is 11.6 Å². The number of primary amides is 1. The molecule has 0 aliphatic rings. The molecule has 2 aromatic rings. The van der Waals surface area contributed by atoms with E-state index in [1.807, 2.05) is 0 Å². The van der Waals surface area contributed by atoms with Crippen LogP contribution in [-0.4, -0.2) is 25.7 Å². The first-order chi connectivity index (χ1) is 5.79. The van der Waals surface area contributed by atoms with Crippen LogP contribution < -0.4 is 5.73 Å². The van der Waals surface area contributed by atoms with Crippen LogP contribution in [0.4, 0.5) is 0 Å². The molecule has 60 valence electrons. The molecule has 2 heterocycles. The van der Waals surface area contributed by atoms with Crippen LogP contribution in [0.15, 0.2) is 18.5 Å². The molecular formula is C6H5N5O. The predicted molar refractivity (Wildman–Crippen MR) is 39.3 cm³/mol. The van der Waals surface area contributed by atoms with E-state index in [4.69, 9.17) is 5.73 Å². The third-order valence-corrected chi connectivity index (χ3v) is 1.45. The Kier molecular flexibility index (Phi) is 1.26. The fourth-order valence-electron chi connectivity index (χ4n) is 0.931. The van der Waals surface area contributed by atoms with Gasteiger partial charge in [0.05, 0.1) is 6.20 Å². The van der Waals surface area contributed by atoms with Crippen LogP contribution in [0.25, 0.3) is 5.65 Å². The number of rotatable bonds is 1. The number of aromatic nitrogens is 4. The van der Waals surface area contributed by atoms with E-state index in [1.165, 1.54) is 23.0 Å². The van der Waals surface area contributed by atoms with E-state index in [0.717, 1.165) is 0 Å². The van der Waals surface area contributed by atoms with Crippen molar-refractivity contribution in [1.82, 2.24) is 19.8 Å². The molecule has 0 aliphatic carbocycles. The summed E-state index contributed by atoms with van der Waals surface area (Å²) in [6.45, 7) is 0. The van der Waals surface area contributed by atoms with Gasteiger partial charge in [0.1, 0.15) is 5.69 Å². The van der Waals surface area contributed by atoms with Crippen LogP contribution in [0.3, 0.4) is 0 Å². The van der Waals surface area contributed by atoms with Gasteiger partial charge in [-0.2, -0.15) is 4.52 Å². The second kappa shape index (κ2) is 2.26. The molecule has 6 nitrogen and oxygen atoms in total. The maximum Gasteiger partial charge on any atom is 0.267 e. The Labute approximate surface area is 67.0 Å². The molecule has 2 rings (SSSR count). The van der Waals surface area contributed by atoms with Gasteiger partial charge in [-0.25, -0.2) is 4.98 Å². The van der Waals surface area contributed by atoms with Gasteiger partial charge < -0.3 is 5.73 Å². The summed E-state index contributed by atoms with van der Waals surface area (Å²) in [4.78, 5) is 14.7. The van der Waals surface area contributed by atoms with Crippen molar-refractivity contribution < 1.29 is 4.79 Å². The highest BCUT2D eigenvalue weighted by molar-refractivity contribution is 5.91. The fraction of sp³-hybridized carbons (Fsp3) is 0. The lowest BCUT2D eigenvalue weighted by molar-refractivity contribution is 0.0993. The Morgan fingerprint density at radius 2 is 2.42 bits per heavy atom. The van der Waals surface area contributed by atoms with Gasteiger partial charge in [-0.1, -0.05) is 5.21 Å². The quantitative estimate of drug-likeness (QED) is 0.597. The van der Waals surface area contributed by atoms with Gasteiger partial charge in [0.25, 0.3) is 5.91 Å². The molecule has 0 aromatic carbocycles. The van der Waals surface area contributed by atoms with Crippen molar-refractivity contribution in [1.29, 1.82) is 0 Å². The van der Waals surface area contributed by atoms with Gasteiger partial charge in [0.15, 0.2) is 5.65 Å². The molecule has 6 heteroatoms. The van der Waals surface area contributed by atoms with Crippen LogP contribution >= 0.6 is 0 Å².